The van der Waals surface area contributed by atoms with Gasteiger partial charge in [-0.2, -0.15) is 0 Å². The molecule has 0 aliphatic heterocycles. The van der Waals surface area contributed by atoms with Gasteiger partial charge in [0.05, 0.1) is 0 Å². The van der Waals surface area contributed by atoms with Gasteiger partial charge < -0.3 is 10.2 Å². The first kappa shape index (κ1) is 17.0. The fraction of sp³-hybridized carbons (Fsp3) is 0.706. The molecule has 114 valence electrons. The van der Waals surface area contributed by atoms with E-state index >= 15 is 0 Å². The number of hydrogen-bond acceptors (Lipinski definition) is 3. The topological polar surface area (TPSA) is 28.2 Å². The second-order valence-electron chi connectivity index (χ2n) is 6.00. The van der Waals surface area contributed by atoms with E-state index < -0.39 is 0 Å². The van der Waals surface area contributed by atoms with Crippen molar-refractivity contribution in [1.29, 1.82) is 0 Å². The molecule has 1 heterocycles. The Morgan fingerprint density at radius 3 is 2.30 bits per heavy atom. The zero-order chi connectivity index (χ0) is 15.3. The highest BCUT2D eigenvalue weighted by atomic mass is 15.2. The van der Waals surface area contributed by atoms with Gasteiger partial charge in [0.2, 0.25) is 0 Å². The van der Waals surface area contributed by atoms with Crippen molar-refractivity contribution in [3.63, 3.8) is 0 Å². The van der Waals surface area contributed by atoms with Gasteiger partial charge in [-0.1, -0.05) is 27.7 Å². The smallest absolute Gasteiger partial charge is 0.133 e. The molecule has 0 saturated heterocycles. The number of aromatic nitrogens is 1. The zero-order valence-electron chi connectivity index (χ0n) is 14.2. The standard InChI is InChI=1S/C17H31N3/c1-8-15(9-2)20(7)17-16(11-18-12(3)4)13(5)10-14(6)19-17/h10,12,15,18H,8-9,11H2,1-7H3. The number of pyridine rings is 1. The molecule has 0 amide bonds. The van der Waals surface area contributed by atoms with Crippen molar-refractivity contribution < 1.29 is 0 Å². The van der Waals surface area contributed by atoms with Crippen molar-refractivity contribution >= 4 is 5.82 Å². The minimum atomic E-state index is 0.488. The Labute approximate surface area is 124 Å². The van der Waals surface area contributed by atoms with E-state index in [0.29, 0.717) is 12.1 Å². The van der Waals surface area contributed by atoms with Gasteiger partial charge in [-0.3, -0.25) is 0 Å². The van der Waals surface area contributed by atoms with Crippen molar-refractivity contribution in [2.45, 2.75) is 73.0 Å². The van der Waals surface area contributed by atoms with Crippen LogP contribution in [0, 0.1) is 13.8 Å². The summed E-state index contributed by atoms with van der Waals surface area (Å²) in [4.78, 5) is 7.17. The van der Waals surface area contributed by atoms with Gasteiger partial charge in [0.1, 0.15) is 5.82 Å². The third-order valence-electron chi connectivity index (χ3n) is 3.96. The third-order valence-corrected chi connectivity index (χ3v) is 3.96. The number of anilines is 1. The highest BCUT2D eigenvalue weighted by molar-refractivity contribution is 5.51. The summed E-state index contributed by atoms with van der Waals surface area (Å²) >= 11 is 0. The van der Waals surface area contributed by atoms with Gasteiger partial charge in [0, 0.05) is 36.9 Å². The van der Waals surface area contributed by atoms with Crippen LogP contribution in [0.25, 0.3) is 0 Å². The predicted octanol–water partition coefficient (Wildman–Crippen LogP) is 3.82. The number of nitrogens with one attached hydrogen (secondary N) is 1. The minimum absolute atomic E-state index is 0.488. The molecule has 0 radical (unpaired) electrons. The average molecular weight is 277 g/mol. The Hall–Kier alpha value is -1.09. The molecule has 1 aromatic rings. The molecule has 0 fully saturated rings. The van der Waals surface area contributed by atoms with Crippen LogP contribution in [0.5, 0.6) is 0 Å². The normalized spacial score (nSPS) is 11.4. The van der Waals surface area contributed by atoms with Crippen LogP contribution in [0.2, 0.25) is 0 Å². The summed E-state index contributed by atoms with van der Waals surface area (Å²) in [6.45, 7) is 14.0. The van der Waals surface area contributed by atoms with E-state index in [1.807, 2.05) is 0 Å². The van der Waals surface area contributed by atoms with Crippen LogP contribution in [0.4, 0.5) is 5.82 Å². The summed E-state index contributed by atoms with van der Waals surface area (Å²) in [7, 11) is 2.18. The Balaban J connectivity index is 3.14. The van der Waals surface area contributed by atoms with Crippen molar-refractivity contribution in [3.05, 3.63) is 22.9 Å². The molecule has 0 bridgehead atoms. The molecular formula is C17H31N3. The molecule has 0 atom stereocenters. The maximum Gasteiger partial charge on any atom is 0.133 e. The van der Waals surface area contributed by atoms with Gasteiger partial charge in [0.15, 0.2) is 0 Å². The molecular weight excluding hydrogens is 246 g/mol. The molecule has 0 aliphatic carbocycles. The van der Waals surface area contributed by atoms with E-state index in [4.69, 9.17) is 4.98 Å². The highest BCUT2D eigenvalue weighted by Crippen LogP contribution is 2.25. The summed E-state index contributed by atoms with van der Waals surface area (Å²) in [6.07, 6.45) is 2.30. The number of rotatable bonds is 7. The van der Waals surface area contributed by atoms with Crippen molar-refractivity contribution in [1.82, 2.24) is 10.3 Å². The van der Waals surface area contributed by atoms with E-state index in [-0.39, 0.29) is 0 Å². The summed E-state index contributed by atoms with van der Waals surface area (Å²) in [5.41, 5.74) is 3.76. The molecule has 1 rings (SSSR count). The van der Waals surface area contributed by atoms with Crippen LogP contribution in [-0.4, -0.2) is 24.1 Å². The zero-order valence-corrected chi connectivity index (χ0v) is 14.2. The van der Waals surface area contributed by atoms with E-state index in [1.54, 1.807) is 0 Å². The lowest BCUT2D eigenvalue weighted by Gasteiger charge is -2.30. The first-order valence-corrected chi connectivity index (χ1v) is 7.83. The summed E-state index contributed by atoms with van der Waals surface area (Å²) in [6, 6.07) is 3.23. The summed E-state index contributed by atoms with van der Waals surface area (Å²) in [5.74, 6) is 1.14. The largest absolute Gasteiger partial charge is 0.356 e. The van der Waals surface area contributed by atoms with Crippen LogP contribution in [0.15, 0.2) is 6.07 Å². The number of hydrogen-bond donors (Lipinski definition) is 1. The van der Waals surface area contributed by atoms with E-state index in [0.717, 1.165) is 30.9 Å². The van der Waals surface area contributed by atoms with Crippen molar-refractivity contribution in [2.24, 2.45) is 0 Å². The molecule has 0 saturated carbocycles. The lowest BCUT2D eigenvalue weighted by molar-refractivity contribution is 0.567. The Kier molecular flexibility index (Phi) is 6.47. The van der Waals surface area contributed by atoms with E-state index in [2.05, 4.69) is 64.9 Å². The number of aryl methyl sites for hydroxylation is 2. The minimum Gasteiger partial charge on any atom is -0.356 e. The average Bonchev–Trinajstić information content (AvgIpc) is 2.37. The maximum absolute atomic E-state index is 4.81. The highest BCUT2D eigenvalue weighted by Gasteiger charge is 2.18. The Morgan fingerprint density at radius 2 is 1.80 bits per heavy atom. The number of nitrogens with zero attached hydrogens (tertiary/aromatic N) is 2. The fourth-order valence-electron chi connectivity index (χ4n) is 2.67. The molecule has 0 unspecified atom stereocenters. The van der Waals surface area contributed by atoms with Crippen LogP contribution in [0.3, 0.4) is 0 Å². The molecule has 3 heteroatoms. The predicted molar refractivity (Wildman–Crippen MR) is 88.5 cm³/mol. The third kappa shape index (κ3) is 4.20. The first-order chi connectivity index (χ1) is 9.40. The Bertz CT molecular complexity index is 422. The molecule has 0 aliphatic rings. The van der Waals surface area contributed by atoms with E-state index in [9.17, 15) is 0 Å². The molecule has 20 heavy (non-hydrogen) atoms. The van der Waals surface area contributed by atoms with Gasteiger partial charge in [-0.15, -0.1) is 0 Å². The lowest BCUT2D eigenvalue weighted by atomic mass is 10.1. The maximum atomic E-state index is 4.81. The van der Waals surface area contributed by atoms with E-state index in [1.165, 1.54) is 11.1 Å². The first-order valence-electron chi connectivity index (χ1n) is 7.83. The van der Waals surface area contributed by atoms with Gasteiger partial charge in [0.25, 0.3) is 0 Å². The fourth-order valence-corrected chi connectivity index (χ4v) is 2.67. The van der Waals surface area contributed by atoms with Gasteiger partial charge in [-0.05, 0) is 38.3 Å². The van der Waals surface area contributed by atoms with Crippen LogP contribution in [-0.2, 0) is 6.54 Å². The van der Waals surface area contributed by atoms with Crippen LogP contribution in [0.1, 0.15) is 57.4 Å². The monoisotopic (exact) mass is 277 g/mol. The van der Waals surface area contributed by atoms with Crippen molar-refractivity contribution in [2.75, 3.05) is 11.9 Å². The van der Waals surface area contributed by atoms with Crippen LogP contribution < -0.4 is 10.2 Å². The second-order valence-corrected chi connectivity index (χ2v) is 6.00. The molecule has 1 aromatic heterocycles. The van der Waals surface area contributed by atoms with Crippen molar-refractivity contribution in [3.8, 4) is 0 Å². The van der Waals surface area contributed by atoms with Gasteiger partial charge >= 0.3 is 0 Å². The molecule has 1 N–H and O–H groups in total. The quantitative estimate of drug-likeness (QED) is 0.821. The second kappa shape index (κ2) is 7.63. The van der Waals surface area contributed by atoms with Crippen LogP contribution >= 0.6 is 0 Å². The molecule has 0 aromatic carbocycles. The SMILES string of the molecule is CCC(CC)N(C)c1nc(C)cc(C)c1CNC(C)C. The summed E-state index contributed by atoms with van der Waals surface area (Å²) in [5, 5.41) is 3.53. The molecule has 3 nitrogen and oxygen atoms in total. The Morgan fingerprint density at radius 1 is 1.20 bits per heavy atom. The summed E-state index contributed by atoms with van der Waals surface area (Å²) < 4.78 is 0. The lowest BCUT2D eigenvalue weighted by Crippen LogP contribution is -2.33. The molecule has 0 spiro atoms. The van der Waals surface area contributed by atoms with Gasteiger partial charge in [-0.25, -0.2) is 4.98 Å².